The van der Waals surface area contributed by atoms with Crippen LogP contribution in [0.1, 0.15) is 12.2 Å². The molecule has 0 N–H and O–H groups in total. The zero-order chi connectivity index (χ0) is 12.5. The zero-order valence-corrected chi connectivity index (χ0v) is 10.4. The zero-order valence-electron chi connectivity index (χ0n) is 9.64. The van der Waals surface area contributed by atoms with Crippen molar-refractivity contribution in [3.63, 3.8) is 0 Å². The molecule has 0 radical (unpaired) electrons. The van der Waals surface area contributed by atoms with Gasteiger partial charge in [-0.05, 0) is 12.5 Å². The second-order valence-electron chi connectivity index (χ2n) is 4.20. The van der Waals surface area contributed by atoms with E-state index >= 15 is 0 Å². The molecule has 2 aromatic rings. The van der Waals surface area contributed by atoms with Gasteiger partial charge in [0.25, 0.3) is 5.82 Å². The van der Waals surface area contributed by atoms with Gasteiger partial charge in [-0.2, -0.15) is 0 Å². The number of ether oxygens (including phenoxy) is 1. The third-order valence-corrected chi connectivity index (χ3v) is 3.35. The van der Waals surface area contributed by atoms with Crippen LogP contribution in [-0.2, 0) is 17.2 Å². The first-order valence-corrected chi connectivity index (χ1v) is 6.25. The van der Waals surface area contributed by atoms with Crippen LogP contribution >= 0.6 is 11.6 Å². The van der Waals surface area contributed by atoms with Crippen LogP contribution in [0.15, 0.2) is 12.3 Å². The van der Waals surface area contributed by atoms with E-state index in [-0.39, 0.29) is 6.10 Å². The highest BCUT2D eigenvalue weighted by molar-refractivity contribution is 6.16. The Hall–Kier alpha value is -1.64. The predicted octanol–water partition coefficient (Wildman–Crippen LogP) is 2.51. The standard InChI is InChI=1S/C12H11ClN4O/c1-14-11-4-9-10(6-15-11)17(12(5-13)16-9)7-8-2-3-18-8/h4,6,8H,2-3,5,7H2/t8-/m0/s1. The summed E-state index contributed by atoms with van der Waals surface area (Å²) in [6, 6.07) is 1.69. The highest BCUT2D eigenvalue weighted by Gasteiger charge is 2.22. The van der Waals surface area contributed by atoms with Gasteiger partial charge in [0.05, 0.1) is 24.0 Å². The van der Waals surface area contributed by atoms with Crippen molar-refractivity contribution in [2.24, 2.45) is 0 Å². The molecule has 0 bridgehead atoms. The Labute approximate surface area is 109 Å². The quantitative estimate of drug-likeness (QED) is 0.631. The van der Waals surface area contributed by atoms with Gasteiger partial charge in [0, 0.05) is 6.61 Å². The average molecular weight is 263 g/mol. The molecule has 2 aromatic heterocycles. The smallest absolute Gasteiger partial charge is 0.271 e. The molecule has 1 atom stereocenters. The van der Waals surface area contributed by atoms with Gasteiger partial charge in [-0.1, -0.05) is 6.57 Å². The first-order valence-electron chi connectivity index (χ1n) is 5.72. The number of fused-ring (bicyclic) bond motifs is 1. The summed E-state index contributed by atoms with van der Waals surface area (Å²) >= 11 is 5.92. The van der Waals surface area contributed by atoms with Crippen molar-refractivity contribution in [2.45, 2.75) is 24.9 Å². The lowest BCUT2D eigenvalue weighted by molar-refractivity contribution is -0.0589. The molecule has 0 aliphatic carbocycles. The summed E-state index contributed by atoms with van der Waals surface area (Å²) in [6.45, 7) is 8.53. The molecule has 18 heavy (non-hydrogen) atoms. The second-order valence-corrected chi connectivity index (χ2v) is 4.46. The summed E-state index contributed by atoms with van der Waals surface area (Å²) in [5.41, 5.74) is 1.68. The number of aromatic nitrogens is 3. The number of hydrogen-bond donors (Lipinski definition) is 0. The van der Waals surface area contributed by atoms with Crippen molar-refractivity contribution in [3.05, 3.63) is 29.5 Å². The fourth-order valence-corrected chi connectivity index (χ4v) is 2.27. The molecule has 1 aliphatic rings. The summed E-state index contributed by atoms with van der Waals surface area (Å²) in [4.78, 5) is 11.8. The summed E-state index contributed by atoms with van der Waals surface area (Å²) in [7, 11) is 0. The van der Waals surface area contributed by atoms with Crippen LogP contribution in [0.3, 0.4) is 0 Å². The number of pyridine rings is 1. The van der Waals surface area contributed by atoms with Crippen LogP contribution < -0.4 is 0 Å². The third-order valence-electron chi connectivity index (χ3n) is 3.11. The molecule has 1 aliphatic heterocycles. The SMILES string of the molecule is [C-]#[N+]c1cc2nc(CCl)n(C[C@@H]3CCO3)c2cn1. The lowest BCUT2D eigenvalue weighted by atomic mass is 10.2. The van der Waals surface area contributed by atoms with E-state index in [2.05, 4.69) is 14.8 Å². The lowest BCUT2D eigenvalue weighted by Gasteiger charge is -2.27. The third kappa shape index (κ3) is 1.84. The van der Waals surface area contributed by atoms with Gasteiger partial charge in [0.15, 0.2) is 0 Å². The fourth-order valence-electron chi connectivity index (χ4n) is 2.06. The van der Waals surface area contributed by atoms with Crippen LogP contribution in [0.5, 0.6) is 0 Å². The molecule has 6 heteroatoms. The number of halogens is 1. The molecule has 0 aromatic carbocycles. The number of imidazole rings is 1. The summed E-state index contributed by atoms with van der Waals surface area (Å²) < 4.78 is 7.47. The minimum Gasteiger partial charge on any atom is -0.376 e. The summed E-state index contributed by atoms with van der Waals surface area (Å²) in [6.07, 6.45) is 2.99. The Morgan fingerprint density at radius 1 is 1.61 bits per heavy atom. The number of hydrogen-bond acceptors (Lipinski definition) is 3. The summed E-state index contributed by atoms with van der Waals surface area (Å²) in [5.74, 6) is 1.49. The molecule has 5 nitrogen and oxygen atoms in total. The Bertz CT molecular complexity index is 627. The van der Waals surface area contributed by atoms with Crippen molar-refractivity contribution in [3.8, 4) is 0 Å². The normalized spacial score (nSPS) is 18.6. The molecule has 0 amide bonds. The predicted molar refractivity (Wildman–Crippen MR) is 67.7 cm³/mol. The monoisotopic (exact) mass is 262 g/mol. The van der Waals surface area contributed by atoms with Crippen molar-refractivity contribution in [2.75, 3.05) is 6.61 Å². The lowest BCUT2D eigenvalue weighted by Crippen LogP contribution is -2.31. The van der Waals surface area contributed by atoms with Gasteiger partial charge < -0.3 is 14.1 Å². The molecule has 0 spiro atoms. The van der Waals surface area contributed by atoms with E-state index in [0.29, 0.717) is 11.7 Å². The van der Waals surface area contributed by atoms with Crippen molar-refractivity contribution in [1.29, 1.82) is 0 Å². The van der Waals surface area contributed by atoms with Crippen LogP contribution in [0.4, 0.5) is 5.82 Å². The Kier molecular flexibility index (Phi) is 2.90. The van der Waals surface area contributed by atoms with Crippen molar-refractivity contribution in [1.82, 2.24) is 14.5 Å². The minimum absolute atomic E-state index is 0.241. The van der Waals surface area contributed by atoms with E-state index in [9.17, 15) is 0 Å². The maximum atomic E-state index is 6.96. The Morgan fingerprint density at radius 3 is 3.06 bits per heavy atom. The van der Waals surface area contributed by atoms with Crippen LogP contribution in [0, 0.1) is 6.57 Å². The van der Waals surface area contributed by atoms with E-state index in [4.69, 9.17) is 22.9 Å². The van der Waals surface area contributed by atoms with Crippen LogP contribution in [0.2, 0.25) is 0 Å². The van der Waals surface area contributed by atoms with Gasteiger partial charge in [-0.25, -0.2) is 4.98 Å². The number of rotatable bonds is 3. The first-order chi connectivity index (χ1) is 8.81. The highest BCUT2D eigenvalue weighted by atomic mass is 35.5. The minimum atomic E-state index is 0.241. The molecular weight excluding hydrogens is 252 g/mol. The fraction of sp³-hybridized carbons (Fsp3) is 0.417. The van der Waals surface area contributed by atoms with Crippen molar-refractivity contribution >= 4 is 28.5 Å². The summed E-state index contributed by atoms with van der Waals surface area (Å²) in [5, 5.41) is 0. The van der Waals surface area contributed by atoms with Gasteiger partial charge in [0.1, 0.15) is 17.5 Å². The van der Waals surface area contributed by atoms with E-state index in [0.717, 1.165) is 36.4 Å². The van der Waals surface area contributed by atoms with E-state index < -0.39 is 0 Å². The average Bonchev–Trinajstić information content (AvgIpc) is 2.70. The van der Waals surface area contributed by atoms with Gasteiger partial charge >= 0.3 is 0 Å². The van der Waals surface area contributed by atoms with Crippen molar-refractivity contribution < 1.29 is 4.74 Å². The molecule has 1 fully saturated rings. The molecule has 0 saturated carbocycles. The largest absolute Gasteiger partial charge is 0.376 e. The van der Waals surface area contributed by atoms with E-state index in [1.54, 1.807) is 12.3 Å². The first kappa shape index (κ1) is 11.5. The van der Waals surface area contributed by atoms with E-state index in [1.165, 1.54) is 0 Å². The highest BCUT2D eigenvalue weighted by Crippen LogP contribution is 2.23. The van der Waals surface area contributed by atoms with Crippen LogP contribution in [0.25, 0.3) is 15.9 Å². The molecule has 0 unspecified atom stereocenters. The van der Waals surface area contributed by atoms with Gasteiger partial charge in [0.2, 0.25) is 0 Å². The Balaban J connectivity index is 2.06. The molecular formula is C12H11ClN4O. The number of nitrogens with zero attached hydrogens (tertiary/aromatic N) is 4. The Morgan fingerprint density at radius 2 is 2.44 bits per heavy atom. The van der Waals surface area contributed by atoms with Gasteiger partial charge in [-0.3, -0.25) is 0 Å². The topological polar surface area (TPSA) is 44.3 Å². The molecule has 1 saturated heterocycles. The second kappa shape index (κ2) is 4.56. The molecule has 3 heterocycles. The van der Waals surface area contributed by atoms with Crippen LogP contribution in [-0.4, -0.2) is 27.2 Å². The van der Waals surface area contributed by atoms with Gasteiger partial charge in [-0.15, -0.1) is 16.6 Å². The molecule has 92 valence electrons. The number of alkyl halides is 1. The maximum absolute atomic E-state index is 6.96. The van der Waals surface area contributed by atoms with E-state index in [1.807, 2.05) is 4.57 Å². The molecule has 3 rings (SSSR count). The maximum Gasteiger partial charge on any atom is 0.271 e.